The maximum atomic E-state index is 12.7. The van der Waals surface area contributed by atoms with Gasteiger partial charge in [-0.1, -0.05) is 13.8 Å². The van der Waals surface area contributed by atoms with E-state index in [1.165, 1.54) is 0 Å². The predicted molar refractivity (Wildman–Crippen MR) is 88.8 cm³/mol. The number of aromatic amines is 1. The second-order valence-corrected chi connectivity index (χ2v) is 7.09. The number of carbonyl (C=O) groups excluding carboxylic acids is 1. The maximum absolute atomic E-state index is 12.7. The van der Waals surface area contributed by atoms with Gasteiger partial charge in [0, 0.05) is 25.4 Å². The minimum absolute atomic E-state index is 0.0249. The van der Waals surface area contributed by atoms with Crippen LogP contribution in [0.4, 0.5) is 0 Å². The van der Waals surface area contributed by atoms with Gasteiger partial charge in [0.1, 0.15) is 5.56 Å². The number of ether oxygens (including phenoxy) is 1. The standard InChI is InChI=1S/C18H26N2O3/c1-13(2)15-6-5-14(16(21)19-15)17(22)20-10-3-7-18(9-11-20)8-4-12-23-18/h5-6,13H,3-4,7-12H2,1-2H3,(H,19,21)/t18-/m0/s1. The second kappa shape index (κ2) is 6.48. The summed E-state index contributed by atoms with van der Waals surface area (Å²) in [6.45, 7) is 6.25. The van der Waals surface area contributed by atoms with Crippen molar-refractivity contribution in [1.82, 2.24) is 9.88 Å². The first-order valence-corrected chi connectivity index (χ1v) is 8.67. The summed E-state index contributed by atoms with van der Waals surface area (Å²) < 4.78 is 5.96. The van der Waals surface area contributed by atoms with Gasteiger partial charge >= 0.3 is 0 Å². The number of aromatic nitrogens is 1. The lowest BCUT2D eigenvalue weighted by atomic mass is 9.92. The van der Waals surface area contributed by atoms with Gasteiger partial charge in [-0.05, 0) is 50.2 Å². The third kappa shape index (κ3) is 3.34. The second-order valence-electron chi connectivity index (χ2n) is 7.09. The van der Waals surface area contributed by atoms with Crippen LogP contribution >= 0.6 is 0 Å². The van der Waals surface area contributed by atoms with Crippen molar-refractivity contribution in [2.24, 2.45) is 0 Å². The quantitative estimate of drug-likeness (QED) is 0.912. The fourth-order valence-electron chi connectivity index (χ4n) is 3.68. The molecular weight excluding hydrogens is 292 g/mol. The molecule has 1 spiro atoms. The van der Waals surface area contributed by atoms with Gasteiger partial charge in [0.15, 0.2) is 0 Å². The average Bonchev–Trinajstić information content (AvgIpc) is 2.87. The molecule has 3 heterocycles. The number of amides is 1. The molecule has 0 unspecified atom stereocenters. The zero-order valence-corrected chi connectivity index (χ0v) is 14.1. The number of carbonyl (C=O) groups is 1. The Balaban J connectivity index is 1.74. The molecule has 126 valence electrons. The van der Waals surface area contributed by atoms with E-state index in [2.05, 4.69) is 4.98 Å². The van der Waals surface area contributed by atoms with Crippen LogP contribution in [0.5, 0.6) is 0 Å². The van der Waals surface area contributed by atoms with Gasteiger partial charge in [-0.2, -0.15) is 0 Å². The Bertz CT molecular complexity index is 629. The summed E-state index contributed by atoms with van der Waals surface area (Å²) in [7, 11) is 0. The highest BCUT2D eigenvalue weighted by Gasteiger charge is 2.37. The highest BCUT2D eigenvalue weighted by molar-refractivity contribution is 5.93. The molecule has 2 aliphatic rings. The Morgan fingerprint density at radius 2 is 2.00 bits per heavy atom. The molecule has 1 atom stereocenters. The summed E-state index contributed by atoms with van der Waals surface area (Å²) in [5, 5.41) is 0. The van der Waals surface area contributed by atoms with Gasteiger partial charge in [-0.25, -0.2) is 0 Å². The van der Waals surface area contributed by atoms with Crippen molar-refractivity contribution in [3.05, 3.63) is 33.7 Å². The van der Waals surface area contributed by atoms with Gasteiger partial charge < -0.3 is 14.6 Å². The molecule has 0 radical (unpaired) electrons. The zero-order chi connectivity index (χ0) is 16.4. The van der Waals surface area contributed by atoms with E-state index in [1.807, 2.05) is 24.8 Å². The van der Waals surface area contributed by atoms with Crippen molar-refractivity contribution in [3.8, 4) is 0 Å². The first-order valence-electron chi connectivity index (χ1n) is 8.67. The summed E-state index contributed by atoms with van der Waals surface area (Å²) in [5.41, 5.74) is 0.804. The van der Waals surface area contributed by atoms with E-state index in [9.17, 15) is 9.59 Å². The van der Waals surface area contributed by atoms with Gasteiger partial charge in [0.25, 0.3) is 11.5 Å². The first kappa shape index (κ1) is 16.2. The Kier molecular flexibility index (Phi) is 4.57. The number of rotatable bonds is 2. The van der Waals surface area contributed by atoms with Gasteiger partial charge in [0.2, 0.25) is 0 Å². The molecule has 1 N–H and O–H groups in total. The fraction of sp³-hybridized carbons (Fsp3) is 0.667. The van der Waals surface area contributed by atoms with Gasteiger partial charge in [-0.3, -0.25) is 9.59 Å². The average molecular weight is 318 g/mol. The van der Waals surface area contributed by atoms with Crippen molar-refractivity contribution in [1.29, 1.82) is 0 Å². The van der Waals surface area contributed by atoms with Crippen LogP contribution in [0.2, 0.25) is 0 Å². The summed E-state index contributed by atoms with van der Waals surface area (Å²) in [6, 6.07) is 3.52. The molecule has 0 bridgehead atoms. The number of hydrogen-bond donors (Lipinski definition) is 1. The Hall–Kier alpha value is -1.62. The molecule has 3 rings (SSSR count). The molecule has 0 aliphatic carbocycles. The smallest absolute Gasteiger partial charge is 0.261 e. The lowest BCUT2D eigenvalue weighted by Gasteiger charge is -2.26. The minimum atomic E-state index is -0.280. The van der Waals surface area contributed by atoms with Crippen LogP contribution in [0, 0.1) is 0 Å². The van der Waals surface area contributed by atoms with Crippen molar-refractivity contribution >= 4 is 5.91 Å². The Labute approximate surface area is 137 Å². The third-order valence-corrected chi connectivity index (χ3v) is 5.15. The maximum Gasteiger partial charge on any atom is 0.261 e. The lowest BCUT2D eigenvalue weighted by Crippen LogP contribution is -2.37. The molecular formula is C18H26N2O3. The van der Waals surface area contributed by atoms with Crippen molar-refractivity contribution in [3.63, 3.8) is 0 Å². The number of H-pyrrole nitrogens is 1. The fourth-order valence-corrected chi connectivity index (χ4v) is 3.68. The normalized spacial score (nSPS) is 25.1. The summed E-state index contributed by atoms with van der Waals surface area (Å²) in [6.07, 6.45) is 5.04. The summed E-state index contributed by atoms with van der Waals surface area (Å²) >= 11 is 0. The summed E-state index contributed by atoms with van der Waals surface area (Å²) in [5.74, 6) is 0.0843. The topological polar surface area (TPSA) is 62.4 Å². The largest absolute Gasteiger partial charge is 0.375 e. The molecule has 2 aliphatic heterocycles. The molecule has 2 fully saturated rings. The monoisotopic (exact) mass is 318 g/mol. The van der Waals surface area contributed by atoms with E-state index in [0.717, 1.165) is 44.4 Å². The molecule has 23 heavy (non-hydrogen) atoms. The van der Waals surface area contributed by atoms with Crippen LogP contribution in [-0.2, 0) is 4.74 Å². The van der Waals surface area contributed by atoms with E-state index in [1.54, 1.807) is 6.07 Å². The lowest BCUT2D eigenvalue weighted by molar-refractivity contribution is -0.00692. The number of hydrogen-bond acceptors (Lipinski definition) is 3. The molecule has 5 nitrogen and oxygen atoms in total. The van der Waals surface area contributed by atoms with Crippen LogP contribution in [0.1, 0.15) is 67.9 Å². The minimum Gasteiger partial charge on any atom is -0.375 e. The molecule has 1 aromatic heterocycles. The van der Waals surface area contributed by atoms with E-state index in [-0.39, 0.29) is 28.5 Å². The molecule has 1 aromatic rings. The Morgan fingerprint density at radius 3 is 2.65 bits per heavy atom. The van der Waals surface area contributed by atoms with Gasteiger partial charge in [0.05, 0.1) is 5.60 Å². The van der Waals surface area contributed by atoms with Crippen molar-refractivity contribution < 1.29 is 9.53 Å². The third-order valence-electron chi connectivity index (χ3n) is 5.15. The van der Waals surface area contributed by atoms with Crippen molar-refractivity contribution in [2.45, 2.75) is 57.5 Å². The molecule has 1 amide bonds. The van der Waals surface area contributed by atoms with Crippen molar-refractivity contribution in [2.75, 3.05) is 19.7 Å². The highest BCUT2D eigenvalue weighted by Crippen LogP contribution is 2.35. The van der Waals surface area contributed by atoms with E-state index < -0.39 is 0 Å². The number of nitrogens with one attached hydrogen (secondary N) is 1. The highest BCUT2D eigenvalue weighted by atomic mass is 16.5. The first-order chi connectivity index (χ1) is 11.0. The molecule has 0 saturated carbocycles. The van der Waals surface area contributed by atoms with Gasteiger partial charge in [-0.15, -0.1) is 0 Å². The van der Waals surface area contributed by atoms with E-state index in [4.69, 9.17) is 4.74 Å². The molecule has 5 heteroatoms. The van der Waals surface area contributed by atoms with Crippen LogP contribution in [0.15, 0.2) is 16.9 Å². The number of nitrogens with zero attached hydrogens (tertiary/aromatic N) is 1. The van der Waals surface area contributed by atoms with Crippen LogP contribution < -0.4 is 5.56 Å². The van der Waals surface area contributed by atoms with Crippen LogP contribution in [0.25, 0.3) is 0 Å². The van der Waals surface area contributed by atoms with Crippen LogP contribution in [0.3, 0.4) is 0 Å². The van der Waals surface area contributed by atoms with E-state index in [0.29, 0.717) is 13.1 Å². The SMILES string of the molecule is CC(C)c1ccc(C(=O)N2CCC[C@]3(CCCO3)CC2)c(=O)[nH]1. The van der Waals surface area contributed by atoms with E-state index >= 15 is 0 Å². The van der Waals surface area contributed by atoms with Crippen LogP contribution in [-0.4, -0.2) is 41.1 Å². The summed E-state index contributed by atoms with van der Waals surface area (Å²) in [4.78, 5) is 29.6. The molecule has 0 aromatic carbocycles. The molecule has 2 saturated heterocycles. The number of likely N-dealkylation sites (tertiary alicyclic amines) is 1. The predicted octanol–water partition coefficient (Wildman–Crippen LogP) is 2.67. The number of pyridine rings is 1. The Morgan fingerprint density at radius 1 is 1.22 bits per heavy atom. The zero-order valence-electron chi connectivity index (χ0n) is 14.1.